The molecule has 0 amide bonds. The van der Waals surface area contributed by atoms with Crippen molar-refractivity contribution in [2.45, 2.75) is 31.6 Å². The van der Waals surface area contributed by atoms with Gasteiger partial charge in [0.05, 0.1) is 0 Å². The van der Waals surface area contributed by atoms with Crippen LogP contribution in [-0.2, 0) is 4.79 Å². The summed E-state index contributed by atoms with van der Waals surface area (Å²) in [6.07, 6.45) is 4.10. The highest BCUT2D eigenvalue weighted by Gasteiger charge is 2.23. The molecule has 0 bridgehead atoms. The minimum absolute atomic E-state index is 0.0353. The first kappa shape index (κ1) is 9.89. The van der Waals surface area contributed by atoms with Gasteiger partial charge in [-0.15, -0.1) is 0 Å². The van der Waals surface area contributed by atoms with Gasteiger partial charge in [0.25, 0.3) is 5.56 Å². The van der Waals surface area contributed by atoms with Crippen LogP contribution in [0, 0.1) is 0 Å². The van der Waals surface area contributed by atoms with Crippen LogP contribution < -0.4 is 11.2 Å². The third kappa shape index (κ3) is 2.06. The molecular weight excluding hydrogens is 196 g/mol. The van der Waals surface area contributed by atoms with Crippen molar-refractivity contribution in [2.75, 3.05) is 0 Å². The second-order valence-electron chi connectivity index (χ2n) is 3.86. The van der Waals surface area contributed by atoms with Crippen molar-refractivity contribution >= 4 is 5.78 Å². The lowest BCUT2D eigenvalue weighted by atomic mass is 9.84. The Labute approximate surface area is 85.5 Å². The van der Waals surface area contributed by atoms with E-state index < -0.39 is 5.69 Å². The molecule has 2 N–H and O–H groups in total. The van der Waals surface area contributed by atoms with E-state index in [4.69, 9.17) is 0 Å². The molecule has 1 atom stereocenters. The number of carbonyl (C=O) groups excluding carboxylic acids is 1. The lowest BCUT2D eigenvalue weighted by molar-refractivity contribution is -0.120. The van der Waals surface area contributed by atoms with Gasteiger partial charge in [0.2, 0.25) is 0 Å². The molecule has 1 saturated carbocycles. The normalized spacial score (nSPS) is 21.6. The summed E-state index contributed by atoms with van der Waals surface area (Å²) in [5, 5.41) is 0. The molecule has 0 aliphatic heterocycles. The molecule has 0 spiro atoms. The summed E-state index contributed by atoms with van der Waals surface area (Å²) in [5.41, 5.74) is -0.369. The highest BCUT2D eigenvalue weighted by molar-refractivity contribution is 5.80. The number of rotatable bonds is 1. The molecule has 15 heavy (non-hydrogen) atoms. The summed E-state index contributed by atoms with van der Waals surface area (Å²) in [7, 11) is 0. The Hall–Kier alpha value is -1.65. The minimum atomic E-state index is -0.508. The van der Waals surface area contributed by atoms with Crippen LogP contribution in [0.4, 0.5) is 0 Å². The Morgan fingerprint density at radius 2 is 2.07 bits per heavy atom. The molecular formula is C10H12N2O3. The zero-order valence-electron chi connectivity index (χ0n) is 8.21. The Morgan fingerprint density at radius 1 is 1.27 bits per heavy atom. The van der Waals surface area contributed by atoms with E-state index in [0.717, 1.165) is 12.8 Å². The van der Waals surface area contributed by atoms with E-state index in [0.29, 0.717) is 18.4 Å². The Kier molecular flexibility index (Phi) is 2.53. The number of carbonyl (C=O) groups is 1. The van der Waals surface area contributed by atoms with Crippen LogP contribution in [0.5, 0.6) is 0 Å². The molecule has 0 radical (unpaired) electrons. The summed E-state index contributed by atoms with van der Waals surface area (Å²) in [4.78, 5) is 38.1. The van der Waals surface area contributed by atoms with Gasteiger partial charge in [0, 0.05) is 24.6 Å². The molecule has 1 aromatic rings. The van der Waals surface area contributed by atoms with Gasteiger partial charge in [-0.1, -0.05) is 0 Å². The zero-order valence-corrected chi connectivity index (χ0v) is 8.21. The van der Waals surface area contributed by atoms with Crippen LogP contribution in [0.2, 0.25) is 0 Å². The molecule has 1 aliphatic carbocycles. The molecule has 2 rings (SSSR count). The summed E-state index contributed by atoms with van der Waals surface area (Å²) >= 11 is 0. The van der Waals surface area contributed by atoms with Gasteiger partial charge in [0.15, 0.2) is 0 Å². The fourth-order valence-electron chi connectivity index (χ4n) is 2.01. The standard InChI is InChI=1S/C10H12N2O3/c13-7-3-1-2-6(4-7)8-5-11-10(15)12-9(8)14/h5-6H,1-4H2,(H2,11,12,14,15)/t6-/m1/s1. The molecule has 0 aromatic carbocycles. The van der Waals surface area contributed by atoms with Crippen LogP contribution in [0.3, 0.4) is 0 Å². The van der Waals surface area contributed by atoms with Gasteiger partial charge >= 0.3 is 5.69 Å². The highest BCUT2D eigenvalue weighted by Crippen LogP contribution is 2.28. The summed E-state index contributed by atoms with van der Waals surface area (Å²) < 4.78 is 0. The Bertz CT molecular complexity index is 486. The van der Waals surface area contributed by atoms with Gasteiger partial charge in [-0.2, -0.15) is 0 Å². The van der Waals surface area contributed by atoms with E-state index in [2.05, 4.69) is 9.97 Å². The molecule has 1 aliphatic rings. The van der Waals surface area contributed by atoms with Gasteiger partial charge in [-0.3, -0.25) is 14.6 Å². The summed E-state index contributed by atoms with van der Waals surface area (Å²) in [5.74, 6) is 0.156. The quantitative estimate of drug-likeness (QED) is 0.695. The second-order valence-corrected chi connectivity index (χ2v) is 3.86. The number of hydrogen-bond donors (Lipinski definition) is 2. The average Bonchev–Trinajstić information content (AvgIpc) is 2.17. The van der Waals surface area contributed by atoms with E-state index in [-0.39, 0.29) is 17.3 Å². The first-order valence-corrected chi connectivity index (χ1v) is 5.00. The topological polar surface area (TPSA) is 82.8 Å². The fraction of sp³-hybridized carbons (Fsp3) is 0.500. The monoisotopic (exact) mass is 208 g/mol. The molecule has 0 saturated heterocycles. The van der Waals surface area contributed by atoms with Crippen LogP contribution in [0.15, 0.2) is 15.8 Å². The first-order valence-electron chi connectivity index (χ1n) is 5.00. The molecule has 5 heteroatoms. The van der Waals surface area contributed by atoms with E-state index in [9.17, 15) is 14.4 Å². The van der Waals surface area contributed by atoms with Crippen molar-refractivity contribution in [3.63, 3.8) is 0 Å². The number of ketones is 1. The lowest BCUT2D eigenvalue weighted by Gasteiger charge is -2.19. The molecule has 0 unspecified atom stereocenters. The second kappa shape index (κ2) is 3.84. The number of nitrogens with one attached hydrogen (secondary N) is 2. The first-order chi connectivity index (χ1) is 7.16. The molecule has 5 nitrogen and oxygen atoms in total. The number of hydrogen-bond acceptors (Lipinski definition) is 3. The fourth-order valence-corrected chi connectivity index (χ4v) is 2.01. The van der Waals surface area contributed by atoms with E-state index in [1.165, 1.54) is 6.20 Å². The zero-order chi connectivity index (χ0) is 10.8. The van der Waals surface area contributed by atoms with E-state index in [1.54, 1.807) is 0 Å². The summed E-state index contributed by atoms with van der Waals surface area (Å²) in [6, 6.07) is 0. The van der Waals surface area contributed by atoms with E-state index in [1.807, 2.05) is 0 Å². The van der Waals surface area contributed by atoms with Crippen molar-refractivity contribution in [1.29, 1.82) is 0 Å². The molecule has 80 valence electrons. The maximum Gasteiger partial charge on any atom is 0.325 e. The van der Waals surface area contributed by atoms with Crippen molar-refractivity contribution in [3.05, 3.63) is 32.6 Å². The largest absolute Gasteiger partial charge is 0.325 e. The molecule has 1 aromatic heterocycles. The van der Waals surface area contributed by atoms with Crippen LogP contribution in [0.25, 0.3) is 0 Å². The van der Waals surface area contributed by atoms with Crippen LogP contribution in [-0.4, -0.2) is 15.8 Å². The average molecular weight is 208 g/mol. The maximum absolute atomic E-state index is 11.5. The van der Waals surface area contributed by atoms with Crippen molar-refractivity contribution in [3.8, 4) is 0 Å². The minimum Gasteiger partial charge on any atom is -0.314 e. The Balaban J connectivity index is 2.33. The van der Waals surface area contributed by atoms with Crippen molar-refractivity contribution in [1.82, 2.24) is 9.97 Å². The number of aromatic amines is 2. The SMILES string of the molecule is O=C1CCC[C@@H](c2c[nH]c(=O)[nH]c2=O)C1. The predicted molar refractivity (Wildman–Crippen MR) is 53.9 cm³/mol. The number of aromatic nitrogens is 2. The van der Waals surface area contributed by atoms with Gasteiger partial charge in [0.1, 0.15) is 5.78 Å². The number of Topliss-reactive ketones (excluding diaryl/α,β-unsaturated/α-hetero) is 1. The smallest absolute Gasteiger partial charge is 0.314 e. The van der Waals surface area contributed by atoms with Gasteiger partial charge in [-0.25, -0.2) is 4.79 Å². The third-order valence-corrected chi connectivity index (χ3v) is 2.77. The van der Waals surface area contributed by atoms with E-state index >= 15 is 0 Å². The molecule has 1 heterocycles. The van der Waals surface area contributed by atoms with Gasteiger partial charge < -0.3 is 4.98 Å². The van der Waals surface area contributed by atoms with Crippen LogP contribution in [0.1, 0.15) is 37.2 Å². The van der Waals surface area contributed by atoms with Crippen LogP contribution >= 0.6 is 0 Å². The predicted octanol–water partition coefficient (Wildman–Crippen LogP) is 0.290. The van der Waals surface area contributed by atoms with Crippen molar-refractivity contribution in [2.24, 2.45) is 0 Å². The maximum atomic E-state index is 11.5. The van der Waals surface area contributed by atoms with Crippen molar-refractivity contribution < 1.29 is 4.79 Å². The lowest BCUT2D eigenvalue weighted by Crippen LogP contribution is -2.28. The number of H-pyrrole nitrogens is 2. The Morgan fingerprint density at radius 3 is 2.73 bits per heavy atom. The summed E-state index contributed by atoms with van der Waals surface area (Å²) in [6.45, 7) is 0. The highest BCUT2D eigenvalue weighted by atomic mass is 16.2. The third-order valence-electron chi connectivity index (χ3n) is 2.77. The van der Waals surface area contributed by atoms with Gasteiger partial charge in [-0.05, 0) is 18.8 Å². The molecule has 1 fully saturated rings.